The normalized spacial score (nSPS) is 10.5. The van der Waals surface area contributed by atoms with E-state index in [2.05, 4.69) is 4.98 Å². The molecule has 5 nitrogen and oxygen atoms in total. The van der Waals surface area contributed by atoms with Gasteiger partial charge in [0.15, 0.2) is 0 Å². The van der Waals surface area contributed by atoms with Gasteiger partial charge in [-0.05, 0) is 48.4 Å². The Kier molecular flexibility index (Phi) is 5.69. The third-order valence-electron chi connectivity index (χ3n) is 4.16. The minimum absolute atomic E-state index is 0.0215. The Morgan fingerprint density at radius 3 is 2.85 bits per heavy atom. The van der Waals surface area contributed by atoms with Crippen LogP contribution < -0.4 is 4.74 Å². The van der Waals surface area contributed by atoms with Crippen molar-refractivity contribution in [1.82, 2.24) is 14.5 Å². The van der Waals surface area contributed by atoms with Gasteiger partial charge in [-0.15, -0.1) is 0 Å². The molecule has 5 heteroatoms. The second-order valence-electron chi connectivity index (χ2n) is 6.27. The van der Waals surface area contributed by atoms with Crippen LogP contribution in [-0.2, 0) is 6.54 Å². The molecule has 0 saturated carbocycles. The first-order chi connectivity index (χ1) is 12.6. The van der Waals surface area contributed by atoms with E-state index in [1.807, 2.05) is 72.4 Å². The van der Waals surface area contributed by atoms with Crippen LogP contribution in [0.15, 0.2) is 67.1 Å². The predicted octanol–water partition coefficient (Wildman–Crippen LogP) is 3.39. The molecule has 0 spiro atoms. The number of carbonyl (C=O) groups is 1. The van der Waals surface area contributed by atoms with Gasteiger partial charge in [-0.3, -0.25) is 9.78 Å². The first-order valence-corrected chi connectivity index (χ1v) is 8.62. The number of pyridine rings is 1. The Bertz CT molecular complexity index is 858. The lowest BCUT2D eigenvalue weighted by atomic mass is 10.2. The molecule has 2 heterocycles. The van der Waals surface area contributed by atoms with Crippen LogP contribution in [0.3, 0.4) is 0 Å². The van der Waals surface area contributed by atoms with Crippen molar-refractivity contribution >= 4 is 5.91 Å². The molecule has 0 fully saturated rings. The van der Waals surface area contributed by atoms with Gasteiger partial charge < -0.3 is 14.2 Å². The number of aromatic nitrogens is 2. The lowest BCUT2D eigenvalue weighted by Gasteiger charge is -2.19. The van der Waals surface area contributed by atoms with Gasteiger partial charge in [-0.2, -0.15) is 0 Å². The molecule has 0 aliphatic heterocycles. The minimum atomic E-state index is -0.0215. The lowest BCUT2D eigenvalue weighted by Crippen LogP contribution is -2.32. The molecule has 134 valence electrons. The molecular weight excluding hydrogens is 326 g/mol. The molecule has 0 bridgehead atoms. The molecule has 0 unspecified atom stereocenters. The third kappa shape index (κ3) is 4.51. The van der Waals surface area contributed by atoms with Crippen molar-refractivity contribution in [2.75, 3.05) is 20.2 Å². The number of amides is 1. The Hall–Kier alpha value is -3.08. The molecule has 1 amide bonds. The third-order valence-corrected chi connectivity index (χ3v) is 4.16. The van der Waals surface area contributed by atoms with Gasteiger partial charge in [0, 0.05) is 32.2 Å². The van der Waals surface area contributed by atoms with Gasteiger partial charge >= 0.3 is 0 Å². The lowest BCUT2D eigenvalue weighted by molar-refractivity contribution is 0.0763. The van der Waals surface area contributed by atoms with Crippen LogP contribution in [0, 0.1) is 6.92 Å². The van der Waals surface area contributed by atoms with Crippen molar-refractivity contribution in [1.29, 1.82) is 0 Å². The zero-order valence-electron chi connectivity index (χ0n) is 15.1. The molecule has 3 rings (SSSR count). The summed E-state index contributed by atoms with van der Waals surface area (Å²) in [7, 11) is 1.79. The van der Waals surface area contributed by atoms with Crippen LogP contribution >= 0.6 is 0 Å². The van der Waals surface area contributed by atoms with Crippen molar-refractivity contribution in [3.05, 3.63) is 83.9 Å². The fourth-order valence-electron chi connectivity index (χ4n) is 2.74. The zero-order chi connectivity index (χ0) is 18.4. The van der Waals surface area contributed by atoms with E-state index in [0.717, 1.165) is 16.9 Å². The Balaban J connectivity index is 1.58. The smallest absolute Gasteiger partial charge is 0.270 e. The quantitative estimate of drug-likeness (QED) is 0.657. The fraction of sp³-hybridized carbons (Fsp3) is 0.238. The molecule has 3 aromatic rings. The van der Waals surface area contributed by atoms with Crippen molar-refractivity contribution in [3.63, 3.8) is 0 Å². The number of nitrogens with zero attached hydrogens (tertiary/aromatic N) is 3. The van der Waals surface area contributed by atoms with E-state index in [-0.39, 0.29) is 5.91 Å². The molecule has 2 aromatic heterocycles. The van der Waals surface area contributed by atoms with Gasteiger partial charge in [0.1, 0.15) is 18.1 Å². The second kappa shape index (κ2) is 8.34. The summed E-state index contributed by atoms with van der Waals surface area (Å²) in [5.41, 5.74) is 2.87. The van der Waals surface area contributed by atoms with Crippen molar-refractivity contribution in [2.24, 2.45) is 0 Å². The highest BCUT2D eigenvalue weighted by Crippen LogP contribution is 2.13. The van der Waals surface area contributed by atoms with Gasteiger partial charge in [-0.25, -0.2) is 0 Å². The van der Waals surface area contributed by atoms with Crippen LogP contribution in [0.5, 0.6) is 5.75 Å². The van der Waals surface area contributed by atoms with E-state index in [4.69, 9.17) is 4.74 Å². The van der Waals surface area contributed by atoms with Gasteiger partial charge in [0.05, 0.1) is 6.54 Å². The average molecular weight is 349 g/mol. The maximum Gasteiger partial charge on any atom is 0.270 e. The first-order valence-electron chi connectivity index (χ1n) is 8.62. The number of likely N-dealkylation sites (N-methyl/N-ethyl adjacent to an activating group) is 1. The number of benzene rings is 1. The van der Waals surface area contributed by atoms with Gasteiger partial charge in [0.25, 0.3) is 5.91 Å². The number of hydrogen-bond acceptors (Lipinski definition) is 3. The topological polar surface area (TPSA) is 47.4 Å². The van der Waals surface area contributed by atoms with Crippen molar-refractivity contribution < 1.29 is 9.53 Å². The van der Waals surface area contributed by atoms with Crippen molar-refractivity contribution in [2.45, 2.75) is 13.5 Å². The van der Waals surface area contributed by atoms with E-state index >= 15 is 0 Å². The minimum Gasteiger partial charge on any atom is -0.492 e. The maximum absolute atomic E-state index is 12.7. The maximum atomic E-state index is 12.7. The largest absolute Gasteiger partial charge is 0.492 e. The van der Waals surface area contributed by atoms with E-state index in [1.54, 1.807) is 18.1 Å². The number of carbonyl (C=O) groups excluding carboxylic acids is 1. The molecule has 26 heavy (non-hydrogen) atoms. The van der Waals surface area contributed by atoms with E-state index < -0.39 is 0 Å². The molecule has 0 N–H and O–H groups in total. The molecule has 0 saturated heterocycles. The number of aryl methyl sites for hydroxylation is 1. The summed E-state index contributed by atoms with van der Waals surface area (Å²) in [4.78, 5) is 18.6. The fourth-order valence-corrected chi connectivity index (χ4v) is 2.74. The van der Waals surface area contributed by atoms with Crippen molar-refractivity contribution in [3.8, 4) is 5.75 Å². The summed E-state index contributed by atoms with van der Waals surface area (Å²) in [5, 5.41) is 0. The summed E-state index contributed by atoms with van der Waals surface area (Å²) in [6.45, 7) is 3.62. The monoisotopic (exact) mass is 349 g/mol. The highest BCUT2D eigenvalue weighted by atomic mass is 16.5. The standard InChI is InChI=1S/C21H23N3O2/c1-17-6-3-8-19(14-17)26-13-12-23(2)21(25)20-9-5-11-24(20)16-18-7-4-10-22-15-18/h3-11,14-15H,12-13,16H2,1-2H3. The number of ether oxygens (including phenoxy) is 1. The van der Waals surface area contributed by atoms with Crippen LogP contribution in [0.1, 0.15) is 21.6 Å². The number of hydrogen-bond donors (Lipinski definition) is 0. The second-order valence-corrected chi connectivity index (χ2v) is 6.27. The van der Waals surface area contributed by atoms with Crippen LogP contribution in [0.2, 0.25) is 0 Å². The Morgan fingerprint density at radius 2 is 2.08 bits per heavy atom. The average Bonchev–Trinajstić information content (AvgIpc) is 3.10. The molecule has 1 aromatic carbocycles. The van der Waals surface area contributed by atoms with Crippen LogP contribution in [0.4, 0.5) is 0 Å². The Morgan fingerprint density at radius 1 is 1.19 bits per heavy atom. The summed E-state index contributed by atoms with van der Waals surface area (Å²) < 4.78 is 7.68. The summed E-state index contributed by atoms with van der Waals surface area (Å²) in [6.07, 6.45) is 5.47. The summed E-state index contributed by atoms with van der Waals surface area (Å²) in [6, 6.07) is 15.5. The SMILES string of the molecule is Cc1cccc(OCCN(C)C(=O)c2cccn2Cc2cccnc2)c1. The molecular formula is C21H23N3O2. The molecule has 0 aliphatic carbocycles. The highest BCUT2D eigenvalue weighted by molar-refractivity contribution is 5.92. The van der Waals surface area contributed by atoms with Crippen LogP contribution in [-0.4, -0.2) is 40.6 Å². The van der Waals surface area contributed by atoms with Crippen LogP contribution in [0.25, 0.3) is 0 Å². The summed E-state index contributed by atoms with van der Waals surface area (Å²) in [5.74, 6) is 0.803. The van der Waals surface area contributed by atoms with E-state index in [9.17, 15) is 4.79 Å². The number of rotatable bonds is 7. The molecule has 0 radical (unpaired) electrons. The highest BCUT2D eigenvalue weighted by Gasteiger charge is 2.15. The van der Waals surface area contributed by atoms with Gasteiger partial charge in [0.2, 0.25) is 0 Å². The van der Waals surface area contributed by atoms with Gasteiger partial charge in [-0.1, -0.05) is 18.2 Å². The van der Waals surface area contributed by atoms with E-state index in [1.165, 1.54) is 0 Å². The van der Waals surface area contributed by atoms with E-state index in [0.29, 0.717) is 25.4 Å². The molecule has 0 atom stereocenters. The predicted molar refractivity (Wildman–Crippen MR) is 101 cm³/mol. The Labute approximate surface area is 153 Å². The first kappa shape index (κ1) is 17.7. The zero-order valence-corrected chi connectivity index (χ0v) is 15.1. The summed E-state index contributed by atoms with van der Waals surface area (Å²) >= 11 is 0. The molecule has 0 aliphatic rings.